The number of rotatable bonds is 5. The molecule has 8 nitrogen and oxygen atoms in total. The first kappa shape index (κ1) is 16.5. The number of carbonyl (C=O) groups excluding carboxylic acids is 2. The number of phosphoric ester groups is 1. The van der Waals surface area contributed by atoms with Crippen molar-refractivity contribution < 1.29 is 28.5 Å². The van der Waals surface area contributed by atoms with Gasteiger partial charge in [0.05, 0.1) is 0 Å². The van der Waals surface area contributed by atoms with Gasteiger partial charge in [-0.2, -0.15) is 0 Å². The third-order valence-corrected chi connectivity index (χ3v) is 3.98. The van der Waals surface area contributed by atoms with Crippen molar-refractivity contribution in [2.45, 2.75) is 31.7 Å². The highest BCUT2D eigenvalue weighted by Crippen LogP contribution is 2.41. The zero-order chi connectivity index (χ0) is 16.5. The standard InChI is InChI=1S/C13H17N2O6P/c1-7(16)15-12(13(14)17)11-4-2-8-6-9(3-5-10(8)11)21-22(18,19)20/h3,5-6,11-12H,2,4H2,1H3,(H2,14,17)(H,15,16)(H2,18,19,20)/t11-,12+/m1/s1. The Kier molecular flexibility index (Phi) is 4.55. The third kappa shape index (κ3) is 3.85. The number of fused-ring (bicyclic) bond motifs is 1. The van der Waals surface area contributed by atoms with Crippen LogP contribution in [0.15, 0.2) is 18.2 Å². The van der Waals surface area contributed by atoms with Crippen LogP contribution in [0, 0.1) is 0 Å². The Balaban J connectivity index is 2.27. The number of nitrogens with one attached hydrogen (secondary N) is 1. The maximum absolute atomic E-state index is 11.6. The first-order valence-electron chi connectivity index (χ1n) is 6.62. The molecule has 1 aromatic rings. The normalized spacial score (nSPS) is 18.4. The van der Waals surface area contributed by atoms with E-state index in [0.29, 0.717) is 12.8 Å². The van der Waals surface area contributed by atoms with E-state index in [4.69, 9.17) is 15.5 Å². The Hall–Kier alpha value is -1.89. The lowest BCUT2D eigenvalue weighted by Gasteiger charge is -2.22. The maximum atomic E-state index is 11.6. The number of amides is 2. The van der Waals surface area contributed by atoms with Crippen molar-refractivity contribution in [2.24, 2.45) is 5.73 Å². The molecule has 1 aromatic carbocycles. The molecule has 1 aliphatic rings. The van der Waals surface area contributed by atoms with E-state index in [1.54, 1.807) is 6.07 Å². The fourth-order valence-corrected chi connectivity index (χ4v) is 3.14. The van der Waals surface area contributed by atoms with Crippen LogP contribution in [0.2, 0.25) is 0 Å². The lowest BCUT2D eigenvalue weighted by molar-refractivity contribution is -0.126. The van der Waals surface area contributed by atoms with Crippen molar-refractivity contribution in [1.29, 1.82) is 0 Å². The monoisotopic (exact) mass is 328 g/mol. The smallest absolute Gasteiger partial charge is 0.404 e. The van der Waals surface area contributed by atoms with E-state index in [0.717, 1.165) is 11.1 Å². The summed E-state index contributed by atoms with van der Waals surface area (Å²) in [4.78, 5) is 40.4. The number of benzene rings is 1. The fraction of sp³-hybridized carbons (Fsp3) is 0.385. The van der Waals surface area contributed by atoms with Gasteiger partial charge in [-0.15, -0.1) is 0 Å². The lowest BCUT2D eigenvalue weighted by Crippen LogP contribution is -2.47. The molecule has 22 heavy (non-hydrogen) atoms. The Labute approximate surface area is 126 Å². The van der Waals surface area contributed by atoms with Gasteiger partial charge < -0.3 is 15.6 Å². The third-order valence-electron chi connectivity index (χ3n) is 3.53. The van der Waals surface area contributed by atoms with E-state index in [1.807, 2.05) is 0 Å². The number of aryl methyl sites for hydroxylation is 1. The van der Waals surface area contributed by atoms with Crippen LogP contribution in [-0.2, 0) is 20.6 Å². The summed E-state index contributed by atoms with van der Waals surface area (Å²) in [6.45, 7) is 1.31. The summed E-state index contributed by atoms with van der Waals surface area (Å²) in [5.74, 6) is -1.18. The molecule has 0 aromatic heterocycles. The highest BCUT2D eigenvalue weighted by Gasteiger charge is 2.34. The van der Waals surface area contributed by atoms with E-state index in [-0.39, 0.29) is 17.6 Å². The predicted octanol–water partition coefficient (Wildman–Crippen LogP) is 0.178. The molecule has 2 rings (SSSR count). The lowest BCUT2D eigenvalue weighted by atomic mass is 9.92. The second-order valence-electron chi connectivity index (χ2n) is 5.17. The predicted molar refractivity (Wildman–Crippen MR) is 77.0 cm³/mol. The second-order valence-corrected chi connectivity index (χ2v) is 6.33. The van der Waals surface area contributed by atoms with Gasteiger partial charge in [-0.1, -0.05) is 6.07 Å². The van der Waals surface area contributed by atoms with Gasteiger partial charge in [-0.3, -0.25) is 19.4 Å². The minimum Gasteiger partial charge on any atom is -0.404 e. The minimum absolute atomic E-state index is 0.0582. The van der Waals surface area contributed by atoms with E-state index >= 15 is 0 Å². The Morgan fingerprint density at radius 2 is 2.14 bits per heavy atom. The number of primary amides is 1. The molecule has 0 radical (unpaired) electrons. The van der Waals surface area contributed by atoms with E-state index < -0.39 is 19.8 Å². The molecular weight excluding hydrogens is 311 g/mol. The Bertz CT molecular complexity index is 656. The Morgan fingerprint density at radius 3 is 2.68 bits per heavy atom. The molecule has 2 atom stereocenters. The molecule has 120 valence electrons. The quantitative estimate of drug-likeness (QED) is 0.569. The molecule has 0 unspecified atom stereocenters. The maximum Gasteiger partial charge on any atom is 0.524 e. The van der Waals surface area contributed by atoms with Gasteiger partial charge in [-0.25, -0.2) is 4.57 Å². The molecule has 5 N–H and O–H groups in total. The number of hydrogen-bond donors (Lipinski definition) is 4. The van der Waals surface area contributed by atoms with Crippen LogP contribution in [-0.4, -0.2) is 27.6 Å². The topological polar surface area (TPSA) is 139 Å². The van der Waals surface area contributed by atoms with Crippen LogP contribution in [0.5, 0.6) is 5.75 Å². The summed E-state index contributed by atoms with van der Waals surface area (Å²) in [5, 5.41) is 2.55. The molecule has 0 saturated heterocycles. The van der Waals surface area contributed by atoms with Gasteiger partial charge in [0, 0.05) is 12.8 Å². The van der Waals surface area contributed by atoms with Crippen molar-refractivity contribution in [1.82, 2.24) is 5.32 Å². The van der Waals surface area contributed by atoms with Gasteiger partial charge in [0.15, 0.2) is 0 Å². The molecule has 9 heteroatoms. The van der Waals surface area contributed by atoms with Crippen LogP contribution in [0.1, 0.15) is 30.4 Å². The summed E-state index contributed by atoms with van der Waals surface area (Å²) < 4.78 is 15.4. The highest BCUT2D eigenvalue weighted by molar-refractivity contribution is 7.46. The average Bonchev–Trinajstić information content (AvgIpc) is 2.76. The van der Waals surface area contributed by atoms with E-state index in [2.05, 4.69) is 9.84 Å². The first-order chi connectivity index (χ1) is 10.2. The summed E-state index contributed by atoms with van der Waals surface area (Å²) in [7, 11) is -4.61. The van der Waals surface area contributed by atoms with Gasteiger partial charge in [0.2, 0.25) is 11.8 Å². The van der Waals surface area contributed by atoms with Crippen molar-refractivity contribution in [2.75, 3.05) is 0 Å². The summed E-state index contributed by atoms with van der Waals surface area (Å²) in [5.41, 5.74) is 6.98. The molecule has 0 bridgehead atoms. The fourth-order valence-electron chi connectivity index (χ4n) is 2.76. The van der Waals surface area contributed by atoms with E-state index in [1.165, 1.54) is 19.1 Å². The highest BCUT2D eigenvalue weighted by atomic mass is 31.2. The van der Waals surface area contributed by atoms with Gasteiger partial charge in [-0.05, 0) is 36.1 Å². The summed E-state index contributed by atoms with van der Waals surface area (Å²) in [6.07, 6.45) is 1.20. The molecule has 0 fully saturated rings. The average molecular weight is 328 g/mol. The second kappa shape index (κ2) is 6.08. The molecule has 0 saturated carbocycles. The van der Waals surface area contributed by atoms with Crippen LogP contribution < -0.4 is 15.6 Å². The molecule has 1 aliphatic carbocycles. The van der Waals surface area contributed by atoms with Crippen molar-refractivity contribution in [3.63, 3.8) is 0 Å². The van der Waals surface area contributed by atoms with Crippen molar-refractivity contribution in [3.8, 4) is 5.75 Å². The van der Waals surface area contributed by atoms with Gasteiger partial charge in [0.25, 0.3) is 0 Å². The van der Waals surface area contributed by atoms with Crippen LogP contribution >= 0.6 is 7.82 Å². The molecule has 0 heterocycles. The number of carbonyl (C=O) groups is 2. The van der Waals surface area contributed by atoms with Crippen molar-refractivity contribution in [3.05, 3.63) is 29.3 Å². The molecule has 2 amide bonds. The van der Waals surface area contributed by atoms with E-state index in [9.17, 15) is 14.2 Å². The SMILES string of the molecule is CC(=O)N[C@H](C(N)=O)[C@@H]1CCc2cc(OP(=O)(O)O)ccc21. The van der Waals surface area contributed by atoms with Crippen LogP contribution in [0.25, 0.3) is 0 Å². The molecule has 0 aliphatic heterocycles. The van der Waals surface area contributed by atoms with Gasteiger partial charge >= 0.3 is 7.82 Å². The number of phosphoric acid groups is 1. The van der Waals surface area contributed by atoms with Crippen LogP contribution in [0.4, 0.5) is 0 Å². The minimum atomic E-state index is -4.61. The number of hydrogen-bond acceptors (Lipinski definition) is 4. The zero-order valence-electron chi connectivity index (χ0n) is 11.9. The largest absolute Gasteiger partial charge is 0.524 e. The zero-order valence-corrected chi connectivity index (χ0v) is 12.7. The Morgan fingerprint density at radius 1 is 1.45 bits per heavy atom. The van der Waals surface area contributed by atoms with Crippen molar-refractivity contribution >= 4 is 19.6 Å². The summed E-state index contributed by atoms with van der Waals surface area (Å²) >= 11 is 0. The molecule has 0 spiro atoms. The van der Waals surface area contributed by atoms with Crippen LogP contribution in [0.3, 0.4) is 0 Å². The first-order valence-corrected chi connectivity index (χ1v) is 8.15. The summed E-state index contributed by atoms with van der Waals surface area (Å²) in [6, 6.07) is 3.77. The van der Waals surface area contributed by atoms with Gasteiger partial charge in [0.1, 0.15) is 11.8 Å². The molecular formula is C13H17N2O6P. The number of nitrogens with two attached hydrogens (primary N) is 1.